The minimum atomic E-state index is -4.67. The highest BCUT2D eigenvalue weighted by molar-refractivity contribution is 5.12. The number of hydrogen-bond donors (Lipinski definition) is 1. The number of nitrogens with two attached hydrogens (primary N) is 1. The van der Waals surface area contributed by atoms with E-state index in [2.05, 4.69) is 4.98 Å². The zero-order valence-corrected chi connectivity index (χ0v) is 6.35. The van der Waals surface area contributed by atoms with Crippen molar-refractivity contribution in [2.45, 2.75) is 12.2 Å². The third-order valence-electron chi connectivity index (χ3n) is 1.43. The molecule has 0 bridgehead atoms. The first kappa shape index (κ1) is 9.91. The minimum absolute atomic E-state index is 0.782. The fourth-order valence-electron chi connectivity index (χ4n) is 0.782. The number of halogens is 4. The van der Waals surface area contributed by atoms with E-state index in [1.54, 1.807) is 0 Å². The zero-order valence-electron chi connectivity index (χ0n) is 6.35. The lowest BCUT2D eigenvalue weighted by Crippen LogP contribution is -2.30. The summed E-state index contributed by atoms with van der Waals surface area (Å²) in [6.45, 7) is 0. The molecule has 0 aliphatic heterocycles. The first-order valence-electron chi connectivity index (χ1n) is 3.35. The van der Waals surface area contributed by atoms with E-state index in [-0.39, 0.29) is 0 Å². The van der Waals surface area contributed by atoms with Crippen molar-refractivity contribution in [2.24, 2.45) is 5.73 Å². The molecule has 0 fully saturated rings. The Morgan fingerprint density at radius 3 is 2.46 bits per heavy atom. The monoisotopic (exact) mass is 194 g/mol. The summed E-state index contributed by atoms with van der Waals surface area (Å²) >= 11 is 0. The fourth-order valence-corrected chi connectivity index (χ4v) is 0.782. The van der Waals surface area contributed by atoms with Gasteiger partial charge >= 0.3 is 6.18 Å². The second-order valence-electron chi connectivity index (χ2n) is 2.39. The third kappa shape index (κ3) is 2.15. The van der Waals surface area contributed by atoms with Crippen LogP contribution in [0.25, 0.3) is 0 Å². The van der Waals surface area contributed by atoms with Crippen molar-refractivity contribution in [3.8, 4) is 0 Å². The predicted octanol–water partition coefficient (Wildman–Crippen LogP) is 1.78. The van der Waals surface area contributed by atoms with Crippen LogP contribution in [-0.2, 0) is 0 Å². The Morgan fingerprint density at radius 2 is 2.00 bits per heavy atom. The molecule has 1 unspecified atom stereocenters. The standard InChI is InChI=1S/C7H6F4N2/c8-4-2-1-3-13-5(4)6(12)7(9,10)11/h1-3,6H,12H2. The van der Waals surface area contributed by atoms with Crippen molar-refractivity contribution in [3.63, 3.8) is 0 Å². The van der Waals surface area contributed by atoms with Gasteiger partial charge in [-0.05, 0) is 12.1 Å². The molecular weight excluding hydrogens is 188 g/mol. The summed E-state index contributed by atoms with van der Waals surface area (Å²) in [5.41, 5.74) is 3.96. The lowest BCUT2D eigenvalue weighted by Gasteiger charge is -2.14. The summed E-state index contributed by atoms with van der Waals surface area (Å²) in [5.74, 6) is -1.05. The Kier molecular flexibility index (Phi) is 2.51. The van der Waals surface area contributed by atoms with Crippen molar-refractivity contribution < 1.29 is 17.6 Å². The van der Waals surface area contributed by atoms with Gasteiger partial charge in [0.2, 0.25) is 0 Å². The van der Waals surface area contributed by atoms with Crippen LogP contribution in [0.3, 0.4) is 0 Å². The van der Waals surface area contributed by atoms with Gasteiger partial charge in [0.1, 0.15) is 17.6 Å². The van der Waals surface area contributed by atoms with Gasteiger partial charge in [0.15, 0.2) is 0 Å². The molecule has 6 heteroatoms. The van der Waals surface area contributed by atoms with Gasteiger partial charge < -0.3 is 5.73 Å². The number of nitrogens with zero attached hydrogens (tertiary/aromatic N) is 1. The van der Waals surface area contributed by atoms with Gasteiger partial charge in [0.25, 0.3) is 0 Å². The van der Waals surface area contributed by atoms with Gasteiger partial charge in [-0.15, -0.1) is 0 Å². The van der Waals surface area contributed by atoms with E-state index < -0.39 is 23.7 Å². The molecule has 2 N–H and O–H groups in total. The average molecular weight is 194 g/mol. The van der Waals surface area contributed by atoms with Crippen LogP contribution in [0.15, 0.2) is 18.3 Å². The fraction of sp³-hybridized carbons (Fsp3) is 0.286. The van der Waals surface area contributed by atoms with Gasteiger partial charge in [-0.25, -0.2) is 4.39 Å². The summed E-state index contributed by atoms with van der Waals surface area (Å²) in [6, 6.07) is -0.288. The summed E-state index contributed by atoms with van der Waals surface area (Å²) in [4.78, 5) is 3.22. The molecule has 0 aromatic carbocycles. The Hall–Kier alpha value is -1.17. The van der Waals surface area contributed by atoms with Crippen molar-refractivity contribution in [1.29, 1.82) is 0 Å². The second kappa shape index (κ2) is 3.29. The molecular formula is C7H6F4N2. The van der Waals surface area contributed by atoms with Gasteiger partial charge in [0.05, 0.1) is 0 Å². The van der Waals surface area contributed by atoms with E-state index in [1.807, 2.05) is 0 Å². The lowest BCUT2D eigenvalue weighted by atomic mass is 10.2. The van der Waals surface area contributed by atoms with Gasteiger partial charge in [-0.1, -0.05) is 0 Å². The Balaban J connectivity index is 3.02. The molecule has 1 aromatic rings. The van der Waals surface area contributed by atoms with E-state index in [0.29, 0.717) is 0 Å². The maximum Gasteiger partial charge on any atom is 0.409 e. The topological polar surface area (TPSA) is 38.9 Å². The molecule has 0 aliphatic carbocycles. The summed E-state index contributed by atoms with van der Waals surface area (Å²) < 4.78 is 48.7. The quantitative estimate of drug-likeness (QED) is 0.692. The molecule has 0 spiro atoms. The van der Waals surface area contributed by atoms with Crippen molar-refractivity contribution in [2.75, 3.05) is 0 Å². The molecule has 1 rings (SSSR count). The van der Waals surface area contributed by atoms with Crippen LogP contribution in [-0.4, -0.2) is 11.2 Å². The first-order valence-corrected chi connectivity index (χ1v) is 3.35. The minimum Gasteiger partial charge on any atom is -0.315 e. The number of rotatable bonds is 1. The molecule has 0 amide bonds. The van der Waals surface area contributed by atoms with Crippen LogP contribution in [0.1, 0.15) is 11.7 Å². The van der Waals surface area contributed by atoms with E-state index >= 15 is 0 Å². The number of pyridine rings is 1. The average Bonchev–Trinajstić information content (AvgIpc) is 2.02. The van der Waals surface area contributed by atoms with Gasteiger partial charge in [-0.2, -0.15) is 13.2 Å². The zero-order chi connectivity index (χ0) is 10.1. The van der Waals surface area contributed by atoms with Crippen LogP contribution in [0, 0.1) is 5.82 Å². The van der Waals surface area contributed by atoms with Crippen LogP contribution in [0.5, 0.6) is 0 Å². The Labute approximate surface area is 71.4 Å². The maximum atomic E-state index is 12.7. The van der Waals surface area contributed by atoms with E-state index in [4.69, 9.17) is 5.73 Å². The molecule has 1 atom stereocenters. The molecule has 2 nitrogen and oxygen atoms in total. The maximum absolute atomic E-state index is 12.7. The second-order valence-corrected chi connectivity index (χ2v) is 2.39. The third-order valence-corrected chi connectivity index (χ3v) is 1.43. The number of alkyl halides is 3. The van der Waals surface area contributed by atoms with Crippen LogP contribution in [0.2, 0.25) is 0 Å². The van der Waals surface area contributed by atoms with E-state index in [9.17, 15) is 17.6 Å². The highest BCUT2D eigenvalue weighted by Gasteiger charge is 2.40. The molecule has 13 heavy (non-hydrogen) atoms. The van der Waals surface area contributed by atoms with Crippen LogP contribution < -0.4 is 5.73 Å². The first-order chi connectivity index (χ1) is 5.93. The number of hydrogen-bond acceptors (Lipinski definition) is 2. The van der Waals surface area contributed by atoms with Crippen molar-refractivity contribution >= 4 is 0 Å². The van der Waals surface area contributed by atoms with Crippen molar-refractivity contribution in [3.05, 3.63) is 29.8 Å². The predicted molar refractivity (Wildman–Crippen MR) is 37.2 cm³/mol. The molecule has 0 aliphatic rings. The molecule has 72 valence electrons. The van der Waals surface area contributed by atoms with Gasteiger partial charge in [0, 0.05) is 6.20 Å². The normalized spacial score (nSPS) is 14.2. The smallest absolute Gasteiger partial charge is 0.315 e. The summed E-state index contributed by atoms with van der Waals surface area (Å²) in [5, 5.41) is 0. The largest absolute Gasteiger partial charge is 0.409 e. The SMILES string of the molecule is NC(c1ncccc1F)C(F)(F)F. The van der Waals surface area contributed by atoms with Crippen molar-refractivity contribution in [1.82, 2.24) is 4.98 Å². The molecule has 0 saturated carbocycles. The molecule has 1 heterocycles. The Morgan fingerprint density at radius 1 is 1.38 bits per heavy atom. The number of aromatic nitrogens is 1. The summed E-state index contributed by atoms with van der Waals surface area (Å²) in [6.07, 6.45) is -3.61. The van der Waals surface area contributed by atoms with Crippen LogP contribution in [0.4, 0.5) is 17.6 Å². The molecule has 0 saturated heterocycles. The summed E-state index contributed by atoms with van der Waals surface area (Å²) in [7, 11) is 0. The lowest BCUT2D eigenvalue weighted by molar-refractivity contribution is -0.150. The van der Waals surface area contributed by atoms with E-state index in [0.717, 1.165) is 12.3 Å². The van der Waals surface area contributed by atoms with E-state index in [1.165, 1.54) is 6.07 Å². The molecule has 0 radical (unpaired) electrons. The molecule has 1 aromatic heterocycles. The Bertz CT molecular complexity index is 297. The highest BCUT2D eigenvalue weighted by atomic mass is 19.4. The van der Waals surface area contributed by atoms with Gasteiger partial charge in [-0.3, -0.25) is 4.98 Å². The van der Waals surface area contributed by atoms with Crippen LogP contribution >= 0.6 is 0 Å². The highest BCUT2D eigenvalue weighted by Crippen LogP contribution is 2.30.